The third-order valence-electron chi connectivity index (χ3n) is 6.33. The highest BCUT2D eigenvalue weighted by atomic mass is 32.2. The molecule has 0 saturated carbocycles. The monoisotopic (exact) mass is 514 g/mol. The summed E-state index contributed by atoms with van der Waals surface area (Å²) in [5.74, 6) is -0.325. The Morgan fingerprint density at radius 3 is 2.29 bits per heavy atom. The van der Waals surface area contributed by atoms with Crippen LogP contribution in [0, 0.1) is 6.92 Å². The molecule has 0 bridgehead atoms. The molecule has 1 aliphatic heterocycles. The van der Waals surface area contributed by atoms with Crippen molar-refractivity contribution in [3.05, 3.63) is 125 Å². The van der Waals surface area contributed by atoms with E-state index in [1.54, 1.807) is 18.2 Å². The van der Waals surface area contributed by atoms with Crippen LogP contribution in [0.1, 0.15) is 21.5 Å². The number of benzene rings is 5. The second-order valence-electron chi connectivity index (χ2n) is 8.93. The van der Waals surface area contributed by atoms with E-state index in [0.717, 1.165) is 32.8 Å². The fourth-order valence-corrected chi connectivity index (χ4v) is 5.24. The Morgan fingerprint density at radius 1 is 0.816 bits per heavy atom. The van der Waals surface area contributed by atoms with Gasteiger partial charge in [-0.3, -0.25) is 4.79 Å². The zero-order valence-electron chi connectivity index (χ0n) is 20.5. The zero-order chi connectivity index (χ0) is 26.1. The summed E-state index contributed by atoms with van der Waals surface area (Å²) in [4.78, 5) is 31.3. The third-order valence-corrected chi connectivity index (χ3v) is 7.24. The van der Waals surface area contributed by atoms with Gasteiger partial charge >= 0.3 is 5.97 Å². The SMILES string of the molecule is Cc1ccc(N=C2NC(=O)/C(=C/c3c(OC(=O)c4cccc5ccccc45)ccc4ccccc34)S2)cc1. The fourth-order valence-electron chi connectivity index (χ4n) is 4.42. The molecule has 6 rings (SSSR count). The zero-order valence-corrected chi connectivity index (χ0v) is 21.3. The van der Waals surface area contributed by atoms with E-state index in [0.29, 0.717) is 26.9 Å². The minimum atomic E-state index is -0.457. The van der Waals surface area contributed by atoms with E-state index in [2.05, 4.69) is 10.3 Å². The van der Waals surface area contributed by atoms with Gasteiger partial charge in [0, 0.05) is 5.56 Å². The Labute approximate surface area is 223 Å². The number of fused-ring (bicyclic) bond motifs is 2. The van der Waals surface area contributed by atoms with Crippen LogP contribution in [0.2, 0.25) is 0 Å². The number of aryl methyl sites for hydroxylation is 1. The lowest BCUT2D eigenvalue weighted by Gasteiger charge is -2.12. The standard InChI is InChI=1S/C32H22N2O3S/c1-20-13-16-23(17-14-20)33-32-34-30(35)29(38-32)19-27-25-11-5-3-8-22(25)15-18-28(27)37-31(36)26-12-6-9-21-7-2-4-10-24(21)26/h2-19H,1H3,(H,33,34,35)/b29-19-. The van der Waals surface area contributed by atoms with E-state index < -0.39 is 5.97 Å². The van der Waals surface area contributed by atoms with Gasteiger partial charge in [0.1, 0.15) is 5.75 Å². The van der Waals surface area contributed by atoms with Crippen molar-refractivity contribution < 1.29 is 14.3 Å². The first-order valence-electron chi connectivity index (χ1n) is 12.1. The molecule has 0 radical (unpaired) electrons. The molecule has 0 unspecified atom stereocenters. The normalized spacial score (nSPS) is 15.3. The van der Waals surface area contributed by atoms with Gasteiger partial charge in [0.2, 0.25) is 0 Å². The number of aliphatic imine (C=N–C) groups is 1. The Kier molecular flexibility index (Phi) is 6.23. The van der Waals surface area contributed by atoms with Gasteiger partial charge in [0.15, 0.2) is 5.17 Å². The number of carbonyl (C=O) groups is 2. The predicted octanol–water partition coefficient (Wildman–Crippen LogP) is 7.41. The van der Waals surface area contributed by atoms with Crippen LogP contribution in [-0.4, -0.2) is 17.0 Å². The maximum atomic E-state index is 13.4. The minimum absolute atomic E-state index is 0.250. The van der Waals surface area contributed by atoms with Crippen molar-refractivity contribution in [2.45, 2.75) is 6.92 Å². The van der Waals surface area contributed by atoms with Crippen LogP contribution < -0.4 is 10.1 Å². The average molecular weight is 515 g/mol. The summed E-state index contributed by atoms with van der Waals surface area (Å²) in [5.41, 5.74) is 3.04. The Morgan fingerprint density at radius 2 is 1.50 bits per heavy atom. The number of hydrogen-bond donors (Lipinski definition) is 1. The topological polar surface area (TPSA) is 67.8 Å². The van der Waals surface area contributed by atoms with Crippen molar-refractivity contribution in [1.29, 1.82) is 0 Å². The molecule has 5 aromatic carbocycles. The van der Waals surface area contributed by atoms with Crippen molar-refractivity contribution in [3.63, 3.8) is 0 Å². The highest BCUT2D eigenvalue weighted by Crippen LogP contribution is 2.35. The maximum absolute atomic E-state index is 13.4. The molecule has 1 saturated heterocycles. The molecular formula is C32H22N2O3S. The van der Waals surface area contributed by atoms with Gasteiger partial charge in [-0.15, -0.1) is 0 Å². The van der Waals surface area contributed by atoms with E-state index in [-0.39, 0.29) is 5.91 Å². The number of amidine groups is 1. The maximum Gasteiger partial charge on any atom is 0.344 e. The highest BCUT2D eigenvalue weighted by Gasteiger charge is 2.25. The van der Waals surface area contributed by atoms with E-state index >= 15 is 0 Å². The number of carbonyl (C=O) groups excluding carboxylic acids is 2. The first-order chi connectivity index (χ1) is 18.5. The van der Waals surface area contributed by atoms with Gasteiger partial charge in [-0.1, -0.05) is 84.4 Å². The van der Waals surface area contributed by atoms with E-state index in [1.807, 2.05) is 97.9 Å². The van der Waals surface area contributed by atoms with Gasteiger partial charge in [-0.25, -0.2) is 9.79 Å². The molecule has 184 valence electrons. The van der Waals surface area contributed by atoms with Gasteiger partial charge in [-0.2, -0.15) is 0 Å². The summed E-state index contributed by atoms with van der Waals surface area (Å²) >= 11 is 1.26. The van der Waals surface area contributed by atoms with Crippen LogP contribution in [0.25, 0.3) is 27.6 Å². The van der Waals surface area contributed by atoms with E-state index in [1.165, 1.54) is 11.8 Å². The van der Waals surface area contributed by atoms with Crippen molar-refractivity contribution in [1.82, 2.24) is 5.32 Å². The summed E-state index contributed by atoms with van der Waals surface area (Å²) in [6, 6.07) is 32.5. The molecule has 0 aromatic heterocycles. The first kappa shape index (κ1) is 23.7. The largest absolute Gasteiger partial charge is 0.422 e. The number of amides is 1. The lowest BCUT2D eigenvalue weighted by molar-refractivity contribution is -0.115. The second-order valence-corrected chi connectivity index (χ2v) is 9.96. The molecule has 1 fully saturated rings. The average Bonchev–Trinajstić information content (AvgIpc) is 3.29. The first-order valence-corrected chi connectivity index (χ1v) is 12.9. The number of nitrogens with zero attached hydrogens (tertiary/aromatic N) is 1. The van der Waals surface area contributed by atoms with Crippen LogP contribution in [-0.2, 0) is 4.79 Å². The summed E-state index contributed by atoms with van der Waals surface area (Å²) in [5, 5.41) is 6.97. The quantitative estimate of drug-likeness (QED) is 0.154. The van der Waals surface area contributed by atoms with Crippen LogP contribution in [0.15, 0.2) is 113 Å². The number of hydrogen-bond acceptors (Lipinski definition) is 5. The van der Waals surface area contributed by atoms with Gasteiger partial charge in [0.05, 0.1) is 16.2 Å². The van der Waals surface area contributed by atoms with Crippen molar-refractivity contribution in [2.24, 2.45) is 4.99 Å². The Balaban J connectivity index is 1.38. The summed E-state index contributed by atoms with van der Waals surface area (Å²) in [7, 11) is 0. The molecule has 0 spiro atoms. The molecule has 1 heterocycles. The van der Waals surface area contributed by atoms with Crippen molar-refractivity contribution >= 4 is 62.1 Å². The molecule has 1 aliphatic rings. The van der Waals surface area contributed by atoms with E-state index in [9.17, 15) is 9.59 Å². The lowest BCUT2D eigenvalue weighted by atomic mass is 10.0. The van der Waals surface area contributed by atoms with Crippen LogP contribution in [0.4, 0.5) is 5.69 Å². The van der Waals surface area contributed by atoms with Crippen molar-refractivity contribution in [3.8, 4) is 5.75 Å². The molecule has 6 heteroatoms. The van der Waals surface area contributed by atoms with Gasteiger partial charge < -0.3 is 10.1 Å². The van der Waals surface area contributed by atoms with Crippen LogP contribution in [0.3, 0.4) is 0 Å². The summed E-state index contributed by atoms with van der Waals surface area (Å²) in [6.45, 7) is 2.01. The molecule has 5 nitrogen and oxygen atoms in total. The Bertz CT molecular complexity index is 1780. The molecule has 38 heavy (non-hydrogen) atoms. The third kappa shape index (κ3) is 4.69. The molecule has 0 aliphatic carbocycles. The minimum Gasteiger partial charge on any atom is -0.422 e. The van der Waals surface area contributed by atoms with Crippen LogP contribution in [0.5, 0.6) is 5.75 Å². The lowest BCUT2D eigenvalue weighted by Crippen LogP contribution is -2.19. The fraction of sp³-hybridized carbons (Fsp3) is 0.0312. The number of esters is 1. The highest BCUT2D eigenvalue weighted by molar-refractivity contribution is 8.18. The molecule has 1 N–H and O–H groups in total. The predicted molar refractivity (Wildman–Crippen MR) is 155 cm³/mol. The van der Waals surface area contributed by atoms with Gasteiger partial charge in [0.25, 0.3) is 5.91 Å². The molecule has 0 atom stereocenters. The van der Waals surface area contributed by atoms with Crippen molar-refractivity contribution in [2.75, 3.05) is 0 Å². The van der Waals surface area contributed by atoms with E-state index in [4.69, 9.17) is 4.74 Å². The van der Waals surface area contributed by atoms with Gasteiger partial charge in [-0.05, 0) is 70.6 Å². The molecule has 5 aromatic rings. The molecule has 1 amide bonds. The van der Waals surface area contributed by atoms with Crippen LogP contribution >= 0.6 is 11.8 Å². The Hall–Kier alpha value is -4.68. The second kappa shape index (κ2) is 10.00. The number of rotatable bonds is 4. The summed E-state index contributed by atoms with van der Waals surface area (Å²) in [6.07, 6.45) is 1.77. The number of thioether (sulfide) groups is 1. The smallest absolute Gasteiger partial charge is 0.344 e. The molecular weight excluding hydrogens is 492 g/mol. The number of nitrogens with one attached hydrogen (secondary N) is 1. The summed E-state index contributed by atoms with van der Waals surface area (Å²) < 4.78 is 5.97. The number of ether oxygens (including phenoxy) is 1.